The zero-order chi connectivity index (χ0) is 19.6. The van der Waals surface area contributed by atoms with E-state index >= 15 is 0 Å². The van der Waals surface area contributed by atoms with Crippen molar-refractivity contribution in [2.45, 2.75) is 26.8 Å². The summed E-state index contributed by atoms with van der Waals surface area (Å²) in [6, 6.07) is 11.2. The van der Waals surface area contributed by atoms with Crippen LogP contribution in [0.2, 0.25) is 5.02 Å². The van der Waals surface area contributed by atoms with E-state index in [9.17, 15) is 9.59 Å². The highest BCUT2D eigenvalue weighted by atomic mass is 35.5. The summed E-state index contributed by atoms with van der Waals surface area (Å²) in [5.41, 5.74) is 3.00. The third kappa shape index (κ3) is 4.14. The first-order chi connectivity index (χ1) is 12.9. The highest BCUT2D eigenvalue weighted by Gasteiger charge is 2.16. The Hall–Kier alpha value is -2.79. The number of benzene rings is 2. The number of nitrogens with one attached hydrogen (secondary N) is 1. The average Bonchev–Trinajstić information content (AvgIpc) is 2.65. The molecule has 0 saturated heterocycles. The van der Waals surface area contributed by atoms with E-state index in [2.05, 4.69) is 5.32 Å². The average molecular weight is 386 g/mol. The second-order valence-electron chi connectivity index (χ2n) is 6.42. The van der Waals surface area contributed by atoms with E-state index < -0.39 is 5.63 Å². The molecule has 3 aromatic rings. The summed E-state index contributed by atoms with van der Waals surface area (Å²) in [6.45, 7) is 4.19. The van der Waals surface area contributed by atoms with Crippen LogP contribution in [0.3, 0.4) is 0 Å². The Morgan fingerprint density at radius 1 is 1.19 bits per heavy atom. The van der Waals surface area contributed by atoms with Gasteiger partial charge >= 0.3 is 5.63 Å². The predicted molar refractivity (Wildman–Crippen MR) is 106 cm³/mol. The van der Waals surface area contributed by atoms with Crippen molar-refractivity contribution >= 4 is 28.5 Å². The van der Waals surface area contributed by atoms with Crippen LogP contribution in [0.15, 0.2) is 45.6 Å². The molecule has 1 aromatic heterocycles. The van der Waals surface area contributed by atoms with Gasteiger partial charge in [0.25, 0.3) is 0 Å². The number of rotatable bonds is 5. The fraction of sp³-hybridized carbons (Fsp3) is 0.238. The molecule has 2 aromatic carbocycles. The summed E-state index contributed by atoms with van der Waals surface area (Å²) >= 11 is 6.18. The van der Waals surface area contributed by atoms with Crippen molar-refractivity contribution in [1.29, 1.82) is 0 Å². The SMILES string of the molecule is COc1cc2oc(=O)c(CC(=O)NCc3ccc(C)cc3)c(C)c2cc1Cl. The second-order valence-corrected chi connectivity index (χ2v) is 6.82. The summed E-state index contributed by atoms with van der Waals surface area (Å²) in [5, 5.41) is 3.93. The summed E-state index contributed by atoms with van der Waals surface area (Å²) in [7, 11) is 1.49. The standard InChI is InChI=1S/C21H20ClNO4/c1-12-4-6-14(7-5-12)11-23-20(24)9-16-13(2)15-8-17(22)19(26-3)10-18(15)27-21(16)25/h4-8,10H,9,11H2,1-3H3,(H,23,24). The molecule has 0 radical (unpaired) electrons. The van der Waals surface area contributed by atoms with E-state index in [1.165, 1.54) is 7.11 Å². The number of methoxy groups -OCH3 is 1. The Kier molecular flexibility index (Phi) is 5.51. The maximum atomic E-state index is 12.4. The minimum absolute atomic E-state index is 0.0559. The van der Waals surface area contributed by atoms with Crippen LogP contribution in [0.5, 0.6) is 5.75 Å². The van der Waals surface area contributed by atoms with Crippen LogP contribution in [0, 0.1) is 13.8 Å². The number of ether oxygens (including phenoxy) is 1. The molecule has 0 fully saturated rings. The third-order valence-electron chi connectivity index (χ3n) is 4.51. The zero-order valence-corrected chi connectivity index (χ0v) is 16.1. The van der Waals surface area contributed by atoms with Crippen LogP contribution in [-0.4, -0.2) is 13.0 Å². The van der Waals surface area contributed by atoms with E-state index in [4.69, 9.17) is 20.8 Å². The van der Waals surface area contributed by atoms with Crippen molar-refractivity contribution in [2.75, 3.05) is 7.11 Å². The smallest absolute Gasteiger partial charge is 0.340 e. The monoisotopic (exact) mass is 385 g/mol. The lowest BCUT2D eigenvalue weighted by Crippen LogP contribution is -2.27. The van der Waals surface area contributed by atoms with Gasteiger partial charge in [0.2, 0.25) is 5.91 Å². The largest absolute Gasteiger partial charge is 0.495 e. The molecule has 1 N–H and O–H groups in total. The summed E-state index contributed by atoms with van der Waals surface area (Å²) < 4.78 is 10.5. The summed E-state index contributed by atoms with van der Waals surface area (Å²) in [5.74, 6) is 0.181. The highest BCUT2D eigenvalue weighted by molar-refractivity contribution is 6.32. The topological polar surface area (TPSA) is 68.5 Å². The van der Waals surface area contributed by atoms with Gasteiger partial charge in [0.05, 0.1) is 24.1 Å². The number of carbonyl (C=O) groups is 1. The quantitative estimate of drug-likeness (QED) is 0.675. The van der Waals surface area contributed by atoms with Gasteiger partial charge in [-0.2, -0.15) is 0 Å². The molecule has 0 bridgehead atoms. The summed E-state index contributed by atoms with van der Waals surface area (Å²) in [4.78, 5) is 24.7. The van der Waals surface area contributed by atoms with Crippen molar-refractivity contribution in [3.63, 3.8) is 0 Å². The van der Waals surface area contributed by atoms with Gasteiger partial charge in [0, 0.05) is 18.0 Å². The molecule has 0 saturated carbocycles. The van der Waals surface area contributed by atoms with Crippen LogP contribution < -0.4 is 15.7 Å². The lowest BCUT2D eigenvalue weighted by Gasteiger charge is -2.10. The van der Waals surface area contributed by atoms with Gasteiger partial charge < -0.3 is 14.5 Å². The van der Waals surface area contributed by atoms with E-state index in [-0.39, 0.29) is 12.3 Å². The van der Waals surface area contributed by atoms with Gasteiger partial charge in [-0.25, -0.2) is 4.79 Å². The number of hydrogen-bond acceptors (Lipinski definition) is 4. The number of fused-ring (bicyclic) bond motifs is 1. The first-order valence-electron chi connectivity index (χ1n) is 8.51. The Labute approximate surface area is 161 Å². The van der Waals surface area contributed by atoms with Crippen LogP contribution in [-0.2, 0) is 17.8 Å². The molecule has 0 unspecified atom stereocenters. The third-order valence-corrected chi connectivity index (χ3v) is 4.80. The molecule has 0 aliphatic carbocycles. The molecule has 0 aliphatic heterocycles. The Bertz CT molecular complexity index is 1050. The molecule has 0 atom stereocenters. The van der Waals surface area contributed by atoms with Crippen LogP contribution in [0.1, 0.15) is 22.3 Å². The molecule has 1 heterocycles. The van der Waals surface area contributed by atoms with Crippen molar-refractivity contribution < 1.29 is 13.9 Å². The molecule has 140 valence electrons. The van der Waals surface area contributed by atoms with Gasteiger partial charge in [-0.15, -0.1) is 0 Å². The number of hydrogen-bond donors (Lipinski definition) is 1. The predicted octanol–water partition coefficient (Wildman–Crippen LogP) is 3.93. The van der Waals surface area contributed by atoms with Gasteiger partial charge in [-0.05, 0) is 31.0 Å². The number of carbonyl (C=O) groups excluding carboxylic acids is 1. The van der Waals surface area contributed by atoms with Crippen LogP contribution in [0.25, 0.3) is 11.0 Å². The van der Waals surface area contributed by atoms with Crippen molar-refractivity contribution in [3.05, 3.63) is 74.1 Å². The van der Waals surface area contributed by atoms with E-state index in [0.29, 0.717) is 39.4 Å². The number of aryl methyl sites for hydroxylation is 2. The van der Waals surface area contributed by atoms with Crippen molar-refractivity contribution in [3.8, 4) is 5.75 Å². The Morgan fingerprint density at radius 2 is 1.89 bits per heavy atom. The molecular weight excluding hydrogens is 366 g/mol. The number of amides is 1. The molecule has 0 aliphatic rings. The van der Waals surface area contributed by atoms with Crippen LogP contribution >= 0.6 is 11.6 Å². The summed E-state index contributed by atoms with van der Waals surface area (Å²) in [6.07, 6.45) is -0.0559. The molecule has 5 nitrogen and oxygen atoms in total. The fourth-order valence-corrected chi connectivity index (χ4v) is 3.12. The number of halogens is 1. The molecule has 1 amide bonds. The second kappa shape index (κ2) is 7.84. The first kappa shape index (κ1) is 19.0. The van der Waals surface area contributed by atoms with Gasteiger partial charge in [0.15, 0.2) is 0 Å². The molecule has 3 rings (SSSR count). The van der Waals surface area contributed by atoms with Crippen molar-refractivity contribution in [2.24, 2.45) is 0 Å². The lowest BCUT2D eigenvalue weighted by atomic mass is 10.0. The molecule has 6 heteroatoms. The van der Waals surface area contributed by atoms with E-state index in [0.717, 1.165) is 11.1 Å². The van der Waals surface area contributed by atoms with Crippen LogP contribution in [0.4, 0.5) is 0 Å². The van der Waals surface area contributed by atoms with Gasteiger partial charge in [-0.3, -0.25) is 4.79 Å². The minimum atomic E-state index is -0.533. The Balaban J connectivity index is 1.82. The molecule has 0 spiro atoms. The highest BCUT2D eigenvalue weighted by Crippen LogP contribution is 2.31. The maximum Gasteiger partial charge on any atom is 0.340 e. The maximum absolute atomic E-state index is 12.4. The zero-order valence-electron chi connectivity index (χ0n) is 15.4. The molecule has 27 heavy (non-hydrogen) atoms. The minimum Gasteiger partial charge on any atom is -0.495 e. The molecular formula is C21H20ClNO4. The Morgan fingerprint density at radius 3 is 2.56 bits per heavy atom. The lowest BCUT2D eigenvalue weighted by molar-refractivity contribution is -0.120. The van der Waals surface area contributed by atoms with Crippen molar-refractivity contribution in [1.82, 2.24) is 5.32 Å². The van der Waals surface area contributed by atoms with E-state index in [1.807, 2.05) is 31.2 Å². The fourth-order valence-electron chi connectivity index (χ4n) is 2.88. The van der Waals surface area contributed by atoms with Gasteiger partial charge in [0.1, 0.15) is 11.3 Å². The first-order valence-corrected chi connectivity index (χ1v) is 8.89. The van der Waals surface area contributed by atoms with E-state index in [1.54, 1.807) is 19.1 Å². The van der Waals surface area contributed by atoms with Gasteiger partial charge in [-0.1, -0.05) is 41.4 Å². The normalized spacial score (nSPS) is 10.8.